The summed E-state index contributed by atoms with van der Waals surface area (Å²) in [6.07, 6.45) is 0.0516. The fourth-order valence-corrected chi connectivity index (χ4v) is 4.45. The molecule has 0 heterocycles. The minimum absolute atomic E-state index is 0.0294. The Labute approximate surface area is 181 Å². The van der Waals surface area contributed by atoms with Gasteiger partial charge in [-0.05, 0) is 29.2 Å². The summed E-state index contributed by atoms with van der Waals surface area (Å²) in [7, 11) is -3.58. The van der Waals surface area contributed by atoms with Crippen LogP contribution in [-0.2, 0) is 19.4 Å². The summed E-state index contributed by atoms with van der Waals surface area (Å²) in [5, 5.41) is 13.5. The van der Waals surface area contributed by atoms with Crippen molar-refractivity contribution >= 4 is 21.8 Å². The van der Waals surface area contributed by atoms with Crippen LogP contribution < -0.4 is 10.6 Å². The SMILES string of the molecule is CC(C#N)NC(=O)C(CS(C)(=O)=O)NC(=O)OCC1c2ccccc2-c2ccccc21. The molecule has 2 N–H and O–H groups in total. The van der Waals surface area contributed by atoms with Gasteiger partial charge in [-0.3, -0.25) is 4.79 Å². The number of carbonyl (C=O) groups excluding carboxylic acids is 2. The average molecular weight is 442 g/mol. The van der Waals surface area contributed by atoms with E-state index in [-0.39, 0.29) is 12.5 Å². The molecule has 9 heteroatoms. The van der Waals surface area contributed by atoms with Gasteiger partial charge in [-0.15, -0.1) is 0 Å². The van der Waals surface area contributed by atoms with Gasteiger partial charge >= 0.3 is 6.09 Å². The number of nitrogens with zero attached hydrogens (tertiary/aromatic N) is 1. The van der Waals surface area contributed by atoms with Gasteiger partial charge in [0, 0.05) is 12.2 Å². The number of hydrogen-bond donors (Lipinski definition) is 2. The van der Waals surface area contributed by atoms with Gasteiger partial charge in [-0.2, -0.15) is 5.26 Å². The van der Waals surface area contributed by atoms with Gasteiger partial charge in [0.15, 0.2) is 0 Å². The molecule has 2 unspecified atom stereocenters. The highest BCUT2D eigenvalue weighted by atomic mass is 32.2. The largest absolute Gasteiger partial charge is 0.449 e. The fraction of sp³-hybridized carbons (Fsp3) is 0.318. The molecule has 3 rings (SSSR count). The zero-order valence-electron chi connectivity index (χ0n) is 17.2. The van der Waals surface area contributed by atoms with Gasteiger partial charge in [0.2, 0.25) is 5.91 Å². The molecule has 8 nitrogen and oxygen atoms in total. The molecule has 0 radical (unpaired) electrons. The lowest BCUT2D eigenvalue weighted by atomic mass is 9.98. The van der Waals surface area contributed by atoms with E-state index < -0.39 is 39.7 Å². The zero-order valence-corrected chi connectivity index (χ0v) is 18.0. The molecule has 0 aromatic heterocycles. The van der Waals surface area contributed by atoms with Crippen molar-refractivity contribution in [3.63, 3.8) is 0 Å². The second kappa shape index (κ2) is 9.18. The summed E-state index contributed by atoms with van der Waals surface area (Å²) in [5.41, 5.74) is 4.22. The maximum Gasteiger partial charge on any atom is 0.407 e. The highest BCUT2D eigenvalue weighted by Crippen LogP contribution is 2.44. The summed E-state index contributed by atoms with van der Waals surface area (Å²) in [6.45, 7) is 1.48. The lowest BCUT2D eigenvalue weighted by Gasteiger charge is -2.19. The number of fused-ring (bicyclic) bond motifs is 3. The van der Waals surface area contributed by atoms with Crippen LogP contribution in [0.3, 0.4) is 0 Å². The van der Waals surface area contributed by atoms with Gasteiger partial charge in [0.1, 0.15) is 28.5 Å². The average Bonchev–Trinajstić information content (AvgIpc) is 3.04. The van der Waals surface area contributed by atoms with Crippen molar-refractivity contribution in [3.05, 3.63) is 59.7 Å². The number of benzene rings is 2. The number of carbonyl (C=O) groups is 2. The van der Waals surface area contributed by atoms with Crippen molar-refractivity contribution < 1.29 is 22.7 Å². The van der Waals surface area contributed by atoms with Gasteiger partial charge in [-0.1, -0.05) is 48.5 Å². The molecule has 0 bridgehead atoms. The van der Waals surface area contributed by atoms with Crippen LogP contribution >= 0.6 is 0 Å². The predicted octanol–water partition coefficient (Wildman–Crippen LogP) is 1.97. The molecule has 0 spiro atoms. The molecule has 2 aromatic rings. The summed E-state index contributed by atoms with van der Waals surface area (Å²) >= 11 is 0. The summed E-state index contributed by atoms with van der Waals surface area (Å²) in [5.74, 6) is -1.55. The van der Waals surface area contributed by atoms with Crippen molar-refractivity contribution in [2.45, 2.75) is 24.9 Å². The number of amides is 2. The lowest BCUT2D eigenvalue weighted by molar-refractivity contribution is -0.122. The highest BCUT2D eigenvalue weighted by Gasteiger charge is 2.30. The standard InChI is InChI=1S/C22H23N3O5S/c1-14(11-23)24-21(26)20(13-31(2,28)29)25-22(27)30-12-19-17-9-5-3-7-15(17)16-8-4-6-10-18(16)19/h3-10,14,19-20H,12-13H2,1-2H3,(H,24,26)(H,25,27). The Morgan fingerprint density at radius 3 is 2.13 bits per heavy atom. The number of nitriles is 1. The number of hydrogen-bond acceptors (Lipinski definition) is 6. The van der Waals surface area contributed by atoms with E-state index in [1.165, 1.54) is 6.92 Å². The molecule has 31 heavy (non-hydrogen) atoms. The smallest absolute Gasteiger partial charge is 0.407 e. The molecular formula is C22H23N3O5S. The Morgan fingerprint density at radius 1 is 1.06 bits per heavy atom. The van der Waals surface area contributed by atoms with E-state index >= 15 is 0 Å². The number of nitrogens with one attached hydrogen (secondary N) is 2. The normalized spacial score (nSPS) is 14.5. The van der Waals surface area contributed by atoms with Gasteiger partial charge < -0.3 is 15.4 Å². The molecule has 0 saturated carbocycles. The monoisotopic (exact) mass is 441 g/mol. The molecule has 2 amide bonds. The van der Waals surface area contributed by atoms with E-state index in [4.69, 9.17) is 10.00 Å². The fourth-order valence-electron chi connectivity index (χ4n) is 3.61. The van der Waals surface area contributed by atoms with E-state index in [2.05, 4.69) is 10.6 Å². The Morgan fingerprint density at radius 2 is 1.61 bits per heavy atom. The van der Waals surface area contributed by atoms with Crippen molar-refractivity contribution in [2.24, 2.45) is 0 Å². The van der Waals surface area contributed by atoms with Crippen LogP contribution in [0.15, 0.2) is 48.5 Å². The lowest BCUT2D eigenvalue weighted by Crippen LogP contribution is -2.52. The maximum absolute atomic E-state index is 12.4. The maximum atomic E-state index is 12.4. The molecular weight excluding hydrogens is 418 g/mol. The minimum Gasteiger partial charge on any atom is -0.449 e. The Bertz CT molecular complexity index is 1090. The molecule has 0 aliphatic heterocycles. The van der Waals surface area contributed by atoms with Crippen molar-refractivity contribution in [1.29, 1.82) is 5.26 Å². The van der Waals surface area contributed by atoms with E-state index in [9.17, 15) is 18.0 Å². The minimum atomic E-state index is -3.58. The Kier molecular flexibility index (Phi) is 6.61. The van der Waals surface area contributed by atoms with Crippen molar-refractivity contribution in [3.8, 4) is 17.2 Å². The first-order chi connectivity index (χ1) is 14.7. The number of ether oxygens (including phenoxy) is 1. The van der Waals surface area contributed by atoms with Crippen LogP contribution in [0.2, 0.25) is 0 Å². The van der Waals surface area contributed by atoms with Gasteiger partial charge in [0.05, 0.1) is 11.8 Å². The van der Waals surface area contributed by atoms with Crippen molar-refractivity contribution in [2.75, 3.05) is 18.6 Å². The van der Waals surface area contributed by atoms with E-state index in [0.29, 0.717) is 0 Å². The van der Waals surface area contributed by atoms with Crippen LogP contribution in [0.1, 0.15) is 24.0 Å². The third kappa shape index (κ3) is 5.41. The van der Waals surface area contributed by atoms with Crippen LogP contribution in [0.5, 0.6) is 0 Å². The second-order valence-corrected chi connectivity index (χ2v) is 9.66. The molecule has 0 fully saturated rings. The molecule has 0 saturated heterocycles. The number of sulfone groups is 1. The zero-order chi connectivity index (χ0) is 22.6. The summed E-state index contributed by atoms with van der Waals surface area (Å²) < 4.78 is 28.8. The van der Waals surface area contributed by atoms with Crippen LogP contribution in [-0.4, -0.2) is 51.1 Å². The van der Waals surface area contributed by atoms with Crippen molar-refractivity contribution in [1.82, 2.24) is 10.6 Å². The topological polar surface area (TPSA) is 125 Å². The first kappa shape index (κ1) is 22.3. The first-order valence-corrected chi connectivity index (χ1v) is 11.7. The van der Waals surface area contributed by atoms with Gasteiger partial charge in [-0.25, -0.2) is 13.2 Å². The van der Waals surface area contributed by atoms with E-state index in [1.807, 2.05) is 54.6 Å². The second-order valence-electron chi connectivity index (χ2n) is 7.47. The third-order valence-corrected chi connectivity index (χ3v) is 5.91. The van der Waals surface area contributed by atoms with Crippen LogP contribution in [0.4, 0.5) is 4.79 Å². The first-order valence-electron chi connectivity index (χ1n) is 9.69. The summed E-state index contributed by atoms with van der Waals surface area (Å²) in [4.78, 5) is 24.7. The Balaban J connectivity index is 1.70. The van der Waals surface area contributed by atoms with Crippen LogP contribution in [0.25, 0.3) is 11.1 Å². The molecule has 2 atom stereocenters. The number of alkyl carbamates (subject to hydrolysis) is 1. The number of rotatable bonds is 7. The Hall–Kier alpha value is -3.38. The van der Waals surface area contributed by atoms with E-state index in [0.717, 1.165) is 28.5 Å². The van der Waals surface area contributed by atoms with Gasteiger partial charge in [0.25, 0.3) is 0 Å². The predicted molar refractivity (Wildman–Crippen MR) is 115 cm³/mol. The quantitative estimate of drug-likeness (QED) is 0.677. The highest BCUT2D eigenvalue weighted by molar-refractivity contribution is 7.90. The molecule has 2 aromatic carbocycles. The third-order valence-electron chi connectivity index (χ3n) is 4.97. The molecule has 1 aliphatic carbocycles. The van der Waals surface area contributed by atoms with E-state index in [1.54, 1.807) is 0 Å². The molecule has 162 valence electrons. The molecule has 1 aliphatic rings. The van der Waals surface area contributed by atoms with Crippen LogP contribution in [0, 0.1) is 11.3 Å². The summed E-state index contributed by atoms with van der Waals surface area (Å²) in [6, 6.07) is 15.3.